The van der Waals surface area contributed by atoms with Gasteiger partial charge in [-0.05, 0) is 53.9 Å². The molecule has 6 nitrogen and oxygen atoms in total. The van der Waals surface area contributed by atoms with Gasteiger partial charge in [0.1, 0.15) is 9.96 Å². The first-order valence-electron chi connectivity index (χ1n) is 8.63. The minimum Gasteiger partial charge on any atom is -0.508 e. The summed E-state index contributed by atoms with van der Waals surface area (Å²) in [6, 6.07) is 9.78. The molecule has 1 aromatic heterocycles. The largest absolute Gasteiger partial charge is 0.508 e. The summed E-state index contributed by atoms with van der Waals surface area (Å²) < 4.78 is 28.0. The van der Waals surface area contributed by atoms with Crippen molar-refractivity contribution in [3.05, 3.63) is 45.7 Å². The van der Waals surface area contributed by atoms with Crippen LogP contribution in [0.4, 0.5) is 0 Å². The van der Waals surface area contributed by atoms with Crippen LogP contribution in [-0.4, -0.2) is 36.8 Å². The first-order chi connectivity index (χ1) is 12.8. The first kappa shape index (κ1) is 20.3. The molecule has 2 aromatic rings. The van der Waals surface area contributed by atoms with Gasteiger partial charge in [-0.3, -0.25) is 4.79 Å². The fraction of sp³-hybridized carbons (Fsp3) is 0.389. The summed E-state index contributed by atoms with van der Waals surface area (Å²) in [4.78, 5) is 12.7. The molecular formula is C18H21BrN2O4S2. The van der Waals surface area contributed by atoms with Crippen LogP contribution in [0.3, 0.4) is 0 Å². The summed E-state index contributed by atoms with van der Waals surface area (Å²) in [7, 11) is -3.59. The third kappa shape index (κ3) is 4.53. The molecule has 146 valence electrons. The lowest BCUT2D eigenvalue weighted by Gasteiger charge is -2.31. The summed E-state index contributed by atoms with van der Waals surface area (Å²) in [5.74, 6) is -0.482. The Morgan fingerprint density at radius 1 is 1.33 bits per heavy atom. The number of hydrogen-bond acceptors (Lipinski definition) is 5. The minimum atomic E-state index is -3.59. The van der Waals surface area contributed by atoms with Gasteiger partial charge >= 0.3 is 0 Å². The molecule has 0 spiro atoms. The van der Waals surface area contributed by atoms with Gasteiger partial charge in [-0.15, -0.1) is 11.3 Å². The topological polar surface area (TPSA) is 86.7 Å². The zero-order valence-electron chi connectivity index (χ0n) is 14.8. The number of phenolic OH excluding ortho intramolecular Hbond substituents is 1. The van der Waals surface area contributed by atoms with Crippen molar-refractivity contribution in [2.75, 3.05) is 13.1 Å². The van der Waals surface area contributed by atoms with Crippen LogP contribution in [0.2, 0.25) is 0 Å². The van der Waals surface area contributed by atoms with E-state index in [1.165, 1.54) is 15.6 Å². The van der Waals surface area contributed by atoms with Crippen LogP contribution in [0.1, 0.15) is 31.4 Å². The fourth-order valence-electron chi connectivity index (χ4n) is 3.20. The number of carbonyl (C=O) groups is 1. The van der Waals surface area contributed by atoms with Crippen LogP contribution in [0.25, 0.3) is 0 Å². The number of thiophene rings is 1. The summed E-state index contributed by atoms with van der Waals surface area (Å²) in [6.07, 6.45) is 1.27. The lowest BCUT2D eigenvalue weighted by Crippen LogP contribution is -2.45. The molecule has 0 radical (unpaired) electrons. The van der Waals surface area contributed by atoms with Gasteiger partial charge in [-0.2, -0.15) is 4.31 Å². The van der Waals surface area contributed by atoms with Crippen molar-refractivity contribution in [3.63, 3.8) is 0 Å². The van der Waals surface area contributed by atoms with E-state index >= 15 is 0 Å². The van der Waals surface area contributed by atoms with Gasteiger partial charge in [0.2, 0.25) is 5.91 Å². The molecule has 0 saturated carbocycles. The van der Waals surface area contributed by atoms with Crippen molar-refractivity contribution in [3.8, 4) is 5.75 Å². The number of sulfonamides is 1. The number of aromatic hydroxyl groups is 1. The quantitative estimate of drug-likeness (QED) is 0.696. The number of halogens is 1. The molecule has 0 unspecified atom stereocenters. The number of piperidine rings is 1. The fourth-order valence-corrected chi connectivity index (χ4v) is 6.89. The third-order valence-corrected chi connectivity index (χ3v) is 8.62. The molecule has 1 amide bonds. The Bertz CT molecular complexity index is 929. The van der Waals surface area contributed by atoms with Crippen LogP contribution < -0.4 is 5.32 Å². The average molecular weight is 473 g/mol. The highest BCUT2D eigenvalue weighted by atomic mass is 79.9. The number of para-hydroxylation sites is 1. The average Bonchev–Trinajstić information content (AvgIpc) is 3.09. The molecule has 1 aliphatic rings. The van der Waals surface area contributed by atoms with Crippen molar-refractivity contribution in [2.24, 2.45) is 5.92 Å². The van der Waals surface area contributed by atoms with Gasteiger partial charge in [0.25, 0.3) is 10.0 Å². The van der Waals surface area contributed by atoms with Gasteiger partial charge in [0, 0.05) is 18.7 Å². The Kier molecular flexibility index (Phi) is 6.25. The van der Waals surface area contributed by atoms with Crippen molar-refractivity contribution in [2.45, 2.75) is 30.0 Å². The zero-order valence-corrected chi connectivity index (χ0v) is 18.0. The van der Waals surface area contributed by atoms with E-state index in [4.69, 9.17) is 0 Å². The van der Waals surface area contributed by atoms with Crippen LogP contribution in [0.5, 0.6) is 5.75 Å². The van der Waals surface area contributed by atoms with E-state index in [2.05, 4.69) is 21.2 Å². The maximum Gasteiger partial charge on any atom is 0.252 e. The Labute approximate surface area is 171 Å². The zero-order chi connectivity index (χ0) is 19.6. The molecule has 1 aliphatic heterocycles. The maximum atomic E-state index is 12.8. The van der Waals surface area contributed by atoms with E-state index in [1.807, 2.05) is 0 Å². The van der Waals surface area contributed by atoms with Crippen molar-refractivity contribution >= 4 is 43.2 Å². The highest BCUT2D eigenvalue weighted by molar-refractivity contribution is 9.11. The van der Waals surface area contributed by atoms with Gasteiger partial charge < -0.3 is 10.4 Å². The third-order valence-electron chi connectivity index (χ3n) is 4.66. The van der Waals surface area contributed by atoms with Crippen LogP contribution in [-0.2, 0) is 14.8 Å². The number of phenols is 1. The molecule has 27 heavy (non-hydrogen) atoms. The Morgan fingerprint density at radius 2 is 2.07 bits per heavy atom. The molecule has 0 bridgehead atoms. The Morgan fingerprint density at radius 3 is 2.74 bits per heavy atom. The van der Waals surface area contributed by atoms with Crippen LogP contribution in [0, 0.1) is 5.92 Å². The molecule has 1 aromatic carbocycles. The predicted molar refractivity (Wildman–Crippen MR) is 108 cm³/mol. The number of nitrogens with zero attached hydrogens (tertiary/aromatic N) is 1. The lowest BCUT2D eigenvalue weighted by atomic mass is 9.97. The number of hydrogen-bond donors (Lipinski definition) is 2. The monoisotopic (exact) mass is 472 g/mol. The van der Waals surface area contributed by atoms with Crippen molar-refractivity contribution < 1.29 is 18.3 Å². The summed E-state index contributed by atoms with van der Waals surface area (Å²) in [5.41, 5.74) is 0.634. The highest BCUT2D eigenvalue weighted by Crippen LogP contribution is 2.31. The molecule has 2 heterocycles. The maximum absolute atomic E-state index is 12.8. The van der Waals surface area contributed by atoms with Gasteiger partial charge in [-0.1, -0.05) is 18.2 Å². The molecule has 1 fully saturated rings. The second-order valence-electron chi connectivity index (χ2n) is 6.55. The van der Waals surface area contributed by atoms with Crippen molar-refractivity contribution in [1.82, 2.24) is 9.62 Å². The second kappa shape index (κ2) is 8.30. The summed E-state index contributed by atoms with van der Waals surface area (Å²) >= 11 is 4.46. The Hall–Kier alpha value is -1.42. The second-order valence-corrected chi connectivity index (χ2v) is 11.2. The Balaban J connectivity index is 1.69. The number of carbonyl (C=O) groups excluding carboxylic acids is 1. The summed E-state index contributed by atoms with van der Waals surface area (Å²) in [5, 5.41) is 12.8. The van der Waals surface area contributed by atoms with Gasteiger partial charge in [0.15, 0.2) is 0 Å². The standard InChI is InChI=1S/C18H21BrN2O4S2/c1-12(14-6-2-3-7-15(14)22)20-18(23)13-5-4-10-21(11-13)27(24,25)17-9-8-16(19)26-17/h2-3,6-9,12-13,22H,4-5,10-11H2,1H3,(H,20,23)/t12-,13-/m1/s1. The minimum absolute atomic E-state index is 0.126. The van der Waals surface area contributed by atoms with E-state index in [1.54, 1.807) is 43.3 Å². The molecule has 9 heteroatoms. The van der Waals surface area contributed by atoms with Gasteiger partial charge in [-0.25, -0.2) is 8.42 Å². The molecule has 2 N–H and O–H groups in total. The van der Waals surface area contributed by atoms with E-state index in [-0.39, 0.29) is 28.5 Å². The number of rotatable bonds is 5. The predicted octanol–water partition coefficient (Wildman–Crippen LogP) is 3.49. The van der Waals surface area contributed by atoms with Crippen molar-refractivity contribution in [1.29, 1.82) is 0 Å². The number of benzene rings is 1. The number of amides is 1. The first-order valence-corrected chi connectivity index (χ1v) is 11.7. The van der Waals surface area contributed by atoms with E-state index < -0.39 is 15.9 Å². The number of nitrogens with one attached hydrogen (secondary N) is 1. The van der Waals surface area contributed by atoms with E-state index in [0.717, 1.165) is 3.79 Å². The molecule has 2 atom stereocenters. The SMILES string of the molecule is C[C@@H](NC(=O)[C@@H]1CCCN(S(=O)(=O)c2ccc(Br)s2)C1)c1ccccc1O. The molecule has 1 saturated heterocycles. The highest BCUT2D eigenvalue weighted by Gasteiger charge is 2.34. The van der Waals surface area contributed by atoms with Crippen LogP contribution in [0.15, 0.2) is 44.4 Å². The normalized spacial score (nSPS) is 19.6. The summed E-state index contributed by atoms with van der Waals surface area (Å²) in [6.45, 7) is 2.38. The van der Waals surface area contributed by atoms with E-state index in [9.17, 15) is 18.3 Å². The van der Waals surface area contributed by atoms with Crippen LogP contribution >= 0.6 is 27.3 Å². The molecule has 0 aliphatic carbocycles. The smallest absolute Gasteiger partial charge is 0.252 e. The lowest BCUT2D eigenvalue weighted by molar-refractivity contribution is -0.126. The van der Waals surface area contributed by atoms with E-state index in [0.29, 0.717) is 24.9 Å². The molecular weight excluding hydrogens is 452 g/mol. The van der Waals surface area contributed by atoms with Gasteiger partial charge in [0.05, 0.1) is 15.7 Å². The molecule has 3 rings (SSSR count).